The second-order valence-corrected chi connectivity index (χ2v) is 7.21. The van der Waals surface area contributed by atoms with Crippen LogP contribution in [0, 0.1) is 20.2 Å². The average molecular weight is 426 g/mol. The van der Waals surface area contributed by atoms with Crippen molar-refractivity contribution in [2.24, 2.45) is 0 Å². The summed E-state index contributed by atoms with van der Waals surface area (Å²) < 4.78 is 32.1. The van der Waals surface area contributed by atoms with Crippen LogP contribution in [-0.2, 0) is 16.5 Å². The third kappa shape index (κ3) is 5.03. The monoisotopic (exact) mass is 426 g/mol. The van der Waals surface area contributed by atoms with Gasteiger partial charge in [0.15, 0.2) is 0 Å². The highest BCUT2D eigenvalue weighted by Crippen LogP contribution is 2.42. The molecule has 0 aliphatic carbocycles. The molecule has 29 heavy (non-hydrogen) atoms. The van der Waals surface area contributed by atoms with E-state index in [1.54, 1.807) is 24.3 Å². The van der Waals surface area contributed by atoms with Gasteiger partial charge in [0.2, 0.25) is 5.69 Å². The van der Waals surface area contributed by atoms with Gasteiger partial charge >= 0.3 is 11.4 Å². The molecule has 0 spiro atoms. The Morgan fingerprint density at radius 3 is 1.97 bits per heavy atom. The number of hydrazine groups is 1. The summed E-state index contributed by atoms with van der Waals surface area (Å²) in [6.07, 6.45) is 0.716. The first-order chi connectivity index (χ1) is 13.6. The smallest absolute Gasteiger partial charge is 0.302 e. The molecule has 13 heteroatoms. The Kier molecular flexibility index (Phi) is 6.81. The molecule has 0 heterocycles. The molecule has 0 saturated heterocycles. The highest BCUT2D eigenvalue weighted by molar-refractivity contribution is 7.85. The van der Waals surface area contributed by atoms with E-state index in [9.17, 15) is 33.2 Å². The SMILES string of the molecule is CCc1ccc(N(NCCO)c2c([N+](=O)[O-])cc(S(=O)(=O)O)cc2[N+](=O)[O-])cc1. The van der Waals surface area contributed by atoms with E-state index >= 15 is 0 Å². The summed E-state index contributed by atoms with van der Waals surface area (Å²) >= 11 is 0. The van der Waals surface area contributed by atoms with Crippen LogP contribution in [-0.4, -0.2) is 41.1 Å². The number of nitrogens with zero attached hydrogens (tertiary/aromatic N) is 3. The van der Waals surface area contributed by atoms with Crippen LogP contribution in [0.1, 0.15) is 12.5 Å². The normalized spacial score (nSPS) is 11.3. The number of hydrogen-bond donors (Lipinski definition) is 3. The van der Waals surface area contributed by atoms with Gasteiger partial charge in [0.1, 0.15) is 4.90 Å². The summed E-state index contributed by atoms with van der Waals surface area (Å²) in [6.45, 7) is 1.43. The molecule has 2 aromatic carbocycles. The molecule has 0 aliphatic heterocycles. The summed E-state index contributed by atoms with van der Waals surface area (Å²) in [5.41, 5.74) is 1.49. The van der Waals surface area contributed by atoms with Gasteiger partial charge in [-0.25, -0.2) is 5.43 Å². The Morgan fingerprint density at radius 2 is 1.59 bits per heavy atom. The van der Waals surface area contributed by atoms with Gasteiger partial charge in [-0.1, -0.05) is 19.1 Å². The Morgan fingerprint density at radius 1 is 1.07 bits per heavy atom. The molecule has 0 atom stereocenters. The number of hydrogen-bond acceptors (Lipinski definition) is 9. The van der Waals surface area contributed by atoms with Gasteiger partial charge in [0.05, 0.1) is 22.1 Å². The largest absolute Gasteiger partial charge is 0.395 e. The molecule has 0 saturated carbocycles. The zero-order chi connectivity index (χ0) is 21.8. The van der Waals surface area contributed by atoms with Crippen LogP contribution in [0.4, 0.5) is 22.7 Å². The van der Waals surface area contributed by atoms with E-state index in [-0.39, 0.29) is 18.8 Å². The maximum Gasteiger partial charge on any atom is 0.302 e. The van der Waals surface area contributed by atoms with Crippen molar-refractivity contribution in [3.63, 3.8) is 0 Å². The van der Waals surface area contributed by atoms with Crippen LogP contribution >= 0.6 is 0 Å². The number of nitro benzene ring substituents is 2. The second kappa shape index (κ2) is 8.91. The molecule has 0 unspecified atom stereocenters. The third-order valence-corrected chi connectivity index (χ3v) is 4.77. The van der Waals surface area contributed by atoms with E-state index in [1.165, 1.54) is 0 Å². The predicted octanol–water partition coefficient (Wildman–Crippen LogP) is 1.95. The minimum atomic E-state index is -4.94. The van der Waals surface area contributed by atoms with Gasteiger partial charge < -0.3 is 5.11 Å². The van der Waals surface area contributed by atoms with Crippen LogP contribution in [0.25, 0.3) is 0 Å². The quantitative estimate of drug-likeness (QED) is 0.305. The fourth-order valence-electron chi connectivity index (χ4n) is 2.58. The van der Waals surface area contributed by atoms with E-state index in [0.29, 0.717) is 18.6 Å². The molecule has 0 radical (unpaired) electrons. The van der Waals surface area contributed by atoms with Crippen molar-refractivity contribution < 1.29 is 27.9 Å². The summed E-state index contributed by atoms with van der Waals surface area (Å²) in [5, 5.41) is 33.3. The van der Waals surface area contributed by atoms with E-state index in [4.69, 9.17) is 5.11 Å². The summed E-state index contributed by atoms with van der Waals surface area (Å²) in [5.74, 6) is 0. The van der Waals surface area contributed by atoms with Gasteiger partial charge in [-0.2, -0.15) is 8.42 Å². The number of anilines is 2. The van der Waals surface area contributed by atoms with Crippen molar-refractivity contribution in [1.29, 1.82) is 0 Å². The van der Waals surface area contributed by atoms with E-state index < -0.39 is 41.9 Å². The fourth-order valence-corrected chi connectivity index (χ4v) is 3.10. The van der Waals surface area contributed by atoms with Crippen LogP contribution in [0.3, 0.4) is 0 Å². The lowest BCUT2D eigenvalue weighted by molar-refractivity contribution is -0.393. The van der Waals surface area contributed by atoms with Crippen molar-refractivity contribution in [3.05, 3.63) is 62.2 Å². The minimum Gasteiger partial charge on any atom is -0.395 e. The first kappa shape index (κ1) is 22.2. The topological polar surface area (TPSA) is 176 Å². The number of benzene rings is 2. The van der Waals surface area contributed by atoms with Crippen LogP contribution in [0.5, 0.6) is 0 Å². The average Bonchev–Trinajstić information content (AvgIpc) is 2.67. The van der Waals surface area contributed by atoms with Crippen molar-refractivity contribution in [2.75, 3.05) is 18.2 Å². The molecule has 0 aromatic heterocycles. The highest BCUT2D eigenvalue weighted by Gasteiger charge is 2.34. The van der Waals surface area contributed by atoms with Crippen LogP contribution in [0.2, 0.25) is 0 Å². The molecular formula is C16H18N4O8S. The third-order valence-electron chi connectivity index (χ3n) is 3.94. The highest BCUT2D eigenvalue weighted by atomic mass is 32.2. The Bertz CT molecular complexity index is 989. The first-order valence-corrected chi connectivity index (χ1v) is 9.71. The number of aryl methyl sites for hydroxylation is 1. The molecule has 2 rings (SSSR count). The number of nitro groups is 2. The van der Waals surface area contributed by atoms with E-state index in [2.05, 4.69) is 5.43 Å². The second-order valence-electron chi connectivity index (χ2n) is 5.79. The fraction of sp³-hybridized carbons (Fsp3) is 0.250. The molecule has 0 fully saturated rings. The van der Waals surface area contributed by atoms with Crippen molar-refractivity contribution in [3.8, 4) is 0 Å². The molecule has 156 valence electrons. The lowest BCUT2D eigenvalue weighted by Crippen LogP contribution is -2.36. The Labute approximate surface area is 165 Å². The zero-order valence-corrected chi connectivity index (χ0v) is 16.0. The molecule has 3 N–H and O–H groups in total. The van der Waals surface area contributed by atoms with Gasteiger partial charge in [-0.05, 0) is 24.1 Å². The zero-order valence-electron chi connectivity index (χ0n) is 15.2. The van der Waals surface area contributed by atoms with E-state index in [1.807, 2.05) is 6.92 Å². The Hall–Kier alpha value is -3.13. The van der Waals surface area contributed by atoms with Gasteiger partial charge in [-0.15, -0.1) is 0 Å². The number of rotatable bonds is 9. The van der Waals surface area contributed by atoms with Crippen molar-refractivity contribution >= 4 is 32.9 Å². The number of nitrogens with one attached hydrogen (secondary N) is 1. The molecule has 0 aliphatic rings. The summed E-state index contributed by atoms with van der Waals surface area (Å²) in [4.78, 5) is 20.2. The molecule has 2 aromatic rings. The van der Waals surface area contributed by atoms with Crippen molar-refractivity contribution in [1.82, 2.24) is 5.43 Å². The van der Waals surface area contributed by atoms with Crippen LogP contribution < -0.4 is 10.4 Å². The van der Waals surface area contributed by atoms with Crippen molar-refractivity contribution in [2.45, 2.75) is 18.2 Å². The molecular weight excluding hydrogens is 408 g/mol. The summed E-state index contributed by atoms with van der Waals surface area (Å²) in [6, 6.07) is 7.62. The predicted molar refractivity (Wildman–Crippen MR) is 103 cm³/mol. The van der Waals surface area contributed by atoms with Gasteiger partial charge in [0.25, 0.3) is 10.1 Å². The molecule has 12 nitrogen and oxygen atoms in total. The minimum absolute atomic E-state index is 0.107. The number of aliphatic hydroxyl groups is 1. The Balaban J connectivity index is 2.82. The lowest BCUT2D eigenvalue weighted by Gasteiger charge is -2.25. The molecule has 0 bridgehead atoms. The number of aliphatic hydroxyl groups excluding tert-OH is 1. The van der Waals surface area contributed by atoms with E-state index in [0.717, 1.165) is 10.6 Å². The maximum atomic E-state index is 11.6. The lowest BCUT2D eigenvalue weighted by atomic mass is 10.1. The summed E-state index contributed by atoms with van der Waals surface area (Å²) in [7, 11) is -4.94. The van der Waals surface area contributed by atoms with Gasteiger partial charge in [0, 0.05) is 18.7 Å². The standard InChI is InChI=1S/C16H18N4O8S/c1-2-11-3-5-12(6-4-11)18(17-7-8-21)16-14(19(22)23)9-13(29(26,27)28)10-15(16)20(24)25/h3-6,9-10,17,21H,2,7-8H2,1H3,(H,26,27,28). The molecule has 0 amide bonds. The maximum absolute atomic E-state index is 11.6. The van der Waals surface area contributed by atoms with Crippen LogP contribution in [0.15, 0.2) is 41.3 Å². The first-order valence-electron chi connectivity index (χ1n) is 8.27. The van der Waals surface area contributed by atoms with Gasteiger partial charge in [-0.3, -0.25) is 29.8 Å².